The maximum Gasteiger partial charge on any atom is 0.328 e. The van der Waals surface area contributed by atoms with Crippen LogP contribution < -0.4 is 10.6 Å². The first kappa shape index (κ1) is 18.2. The average molecular weight is 296 g/mol. The summed E-state index contributed by atoms with van der Waals surface area (Å²) in [6.45, 7) is 15.8. The maximum absolute atomic E-state index is 10.8. The number of nitrogens with one attached hydrogen (secondary N) is 2. The van der Waals surface area contributed by atoms with Crippen molar-refractivity contribution in [3.63, 3.8) is 0 Å². The first-order chi connectivity index (χ1) is 9.33. The van der Waals surface area contributed by atoms with E-state index in [2.05, 4.69) is 52.2 Å². The predicted molar refractivity (Wildman–Crippen MR) is 87.5 cm³/mol. The van der Waals surface area contributed by atoms with Gasteiger partial charge in [0.1, 0.15) is 0 Å². The third-order valence-corrected chi connectivity index (χ3v) is 4.43. The Morgan fingerprint density at radius 3 is 2.19 bits per heavy atom. The minimum Gasteiger partial charge on any atom is -0.478 e. The second kappa shape index (κ2) is 6.09. The monoisotopic (exact) mass is 296 g/mol. The summed E-state index contributed by atoms with van der Waals surface area (Å²) >= 11 is 0. The number of carboxylic acids is 1. The topological polar surface area (TPSA) is 61.4 Å². The molecule has 122 valence electrons. The summed E-state index contributed by atoms with van der Waals surface area (Å²) < 4.78 is 0. The lowest BCUT2D eigenvalue weighted by molar-refractivity contribution is -0.131. The van der Waals surface area contributed by atoms with E-state index in [4.69, 9.17) is 5.11 Å². The Morgan fingerprint density at radius 2 is 1.76 bits per heavy atom. The molecule has 0 aromatic rings. The van der Waals surface area contributed by atoms with Crippen LogP contribution in [-0.2, 0) is 4.79 Å². The van der Waals surface area contributed by atoms with Gasteiger partial charge in [-0.05, 0) is 52.9 Å². The van der Waals surface area contributed by atoms with E-state index in [9.17, 15) is 4.79 Å². The Bertz CT molecular complexity index is 407. The molecule has 1 fully saturated rings. The van der Waals surface area contributed by atoms with Gasteiger partial charge >= 0.3 is 5.97 Å². The largest absolute Gasteiger partial charge is 0.478 e. The number of aliphatic carboxylic acids is 1. The van der Waals surface area contributed by atoms with E-state index in [0.717, 1.165) is 25.0 Å². The fraction of sp³-hybridized carbons (Fsp3) is 0.824. The Kier molecular flexibility index (Phi) is 5.27. The van der Waals surface area contributed by atoms with Gasteiger partial charge in [-0.1, -0.05) is 19.4 Å². The molecule has 0 amide bonds. The first-order valence-electron chi connectivity index (χ1n) is 7.77. The van der Waals surface area contributed by atoms with Crippen molar-refractivity contribution in [3.05, 3.63) is 11.6 Å². The molecule has 0 saturated carbocycles. The van der Waals surface area contributed by atoms with Crippen molar-refractivity contribution in [2.45, 2.75) is 78.4 Å². The SMILES string of the molecule is C/C(=C/C(=O)O)C(C)(C)CNC1CC(C)(C)NC(C)(C)C1. The summed E-state index contributed by atoms with van der Waals surface area (Å²) in [5.41, 5.74) is 0.984. The molecule has 0 spiro atoms. The highest BCUT2D eigenvalue weighted by atomic mass is 16.4. The van der Waals surface area contributed by atoms with E-state index >= 15 is 0 Å². The fourth-order valence-electron chi connectivity index (χ4n) is 3.39. The van der Waals surface area contributed by atoms with E-state index in [1.165, 1.54) is 6.08 Å². The van der Waals surface area contributed by atoms with Crippen LogP contribution in [0, 0.1) is 5.41 Å². The molecule has 0 unspecified atom stereocenters. The molecule has 0 bridgehead atoms. The lowest BCUT2D eigenvalue weighted by atomic mass is 9.78. The molecule has 0 atom stereocenters. The highest BCUT2D eigenvalue weighted by Gasteiger charge is 2.38. The second-order valence-corrected chi connectivity index (χ2v) is 8.43. The van der Waals surface area contributed by atoms with Crippen LogP contribution in [0.3, 0.4) is 0 Å². The average Bonchev–Trinajstić information content (AvgIpc) is 2.21. The van der Waals surface area contributed by atoms with Crippen molar-refractivity contribution < 1.29 is 9.90 Å². The minimum atomic E-state index is -0.871. The molecule has 1 saturated heterocycles. The Labute approximate surface area is 129 Å². The van der Waals surface area contributed by atoms with Gasteiger partial charge in [0.2, 0.25) is 0 Å². The van der Waals surface area contributed by atoms with Crippen LogP contribution in [0.5, 0.6) is 0 Å². The zero-order valence-electron chi connectivity index (χ0n) is 14.6. The van der Waals surface area contributed by atoms with Crippen LogP contribution in [0.2, 0.25) is 0 Å². The second-order valence-electron chi connectivity index (χ2n) is 8.43. The molecular formula is C17H32N2O2. The van der Waals surface area contributed by atoms with E-state index < -0.39 is 5.97 Å². The molecule has 0 aliphatic carbocycles. The van der Waals surface area contributed by atoms with Gasteiger partial charge in [-0.25, -0.2) is 4.79 Å². The van der Waals surface area contributed by atoms with Gasteiger partial charge < -0.3 is 15.7 Å². The third kappa shape index (κ3) is 5.79. The standard InChI is InChI=1S/C17H32N2O2/c1-12(8-14(20)21)15(2,3)11-18-13-9-16(4,5)19-17(6,7)10-13/h8,13,18-19H,9-11H2,1-7H3,(H,20,21)/b12-8-. The van der Waals surface area contributed by atoms with Crippen molar-refractivity contribution in [2.24, 2.45) is 5.41 Å². The molecule has 4 nitrogen and oxygen atoms in total. The molecule has 1 heterocycles. The lowest BCUT2D eigenvalue weighted by Crippen LogP contribution is -2.62. The van der Waals surface area contributed by atoms with Crippen LogP contribution in [0.15, 0.2) is 11.6 Å². The highest BCUT2D eigenvalue weighted by Crippen LogP contribution is 2.30. The summed E-state index contributed by atoms with van der Waals surface area (Å²) in [5, 5.41) is 16.2. The molecule has 0 aromatic carbocycles. The maximum atomic E-state index is 10.8. The van der Waals surface area contributed by atoms with Gasteiger partial charge in [0.15, 0.2) is 0 Å². The number of piperidine rings is 1. The fourth-order valence-corrected chi connectivity index (χ4v) is 3.39. The summed E-state index contributed by atoms with van der Waals surface area (Å²) in [6, 6.07) is 0.452. The Balaban J connectivity index is 2.68. The molecule has 0 aromatic heterocycles. The zero-order chi connectivity index (χ0) is 16.5. The smallest absolute Gasteiger partial charge is 0.328 e. The van der Waals surface area contributed by atoms with E-state index in [1.54, 1.807) is 0 Å². The predicted octanol–water partition coefficient (Wildman–Crippen LogP) is 2.94. The number of hydrogen-bond acceptors (Lipinski definition) is 3. The molecule has 4 heteroatoms. The third-order valence-electron chi connectivity index (χ3n) is 4.43. The number of rotatable bonds is 5. The van der Waals surface area contributed by atoms with E-state index in [1.807, 2.05) is 6.92 Å². The molecule has 1 aliphatic heterocycles. The van der Waals surface area contributed by atoms with Gasteiger partial charge in [-0.2, -0.15) is 0 Å². The minimum absolute atomic E-state index is 0.121. The van der Waals surface area contributed by atoms with Crippen molar-refractivity contribution in [2.75, 3.05) is 6.54 Å². The quantitative estimate of drug-likeness (QED) is 0.683. The molecular weight excluding hydrogens is 264 g/mol. The Hall–Kier alpha value is -0.870. The summed E-state index contributed by atoms with van der Waals surface area (Å²) in [6.07, 6.45) is 3.47. The zero-order valence-corrected chi connectivity index (χ0v) is 14.6. The van der Waals surface area contributed by atoms with Crippen molar-refractivity contribution >= 4 is 5.97 Å². The van der Waals surface area contributed by atoms with Gasteiger partial charge in [0, 0.05) is 29.7 Å². The van der Waals surface area contributed by atoms with Crippen LogP contribution in [-0.4, -0.2) is 34.7 Å². The van der Waals surface area contributed by atoms with Crippen molar-refractivity contribution in [3.8, 4) is 0 Å². The number of carbonyl (C=O) groups is 1. The van der Waals surface area contributed by atoms with Gasteiger partial charge in [0.25, 0.3) is 0 Å². The van der Waals surface area contributed by atoms with Crippen LogP contribution in [0.25, 0.3) is 0 Å². The number of hydrogen-bond donors (Lipinski definition) is 3. The van der Waals surface area contributed by atoms with Crippen LogP contribution in [0.4, 0.5) is 0 Å². The first-order valence-corrected chi connectivity index (χ1v) is 7.77. The molecule has 3 N–H and O–H groups in total. The molecule has 21 heavy (non-hydrogen) atoms. The van der Waals surface area contributed by atoms with Gasteiger partial charge in [0.05, 0.1) is 0 Å². The normalized spacial score (nSPS) is 23.1. The van der Waals surface area contributed by atoms with E-state index in [-0.39, 0.29) is 16.5 Å². The summed E-state index contributed by atoms with van der Waals surface area (Å²) in [4.78, 5) is 10.8. The molecule has 1 rings (SSSR count). The lowest BCUT2D eigenvalue weighted by Gasteiger charge is -2.47. The van der Waals surface area contributed by atoms with Gasteiger partial charge in [-0.3, -0.25) is 0 Å². The van der Waals surface area contributed by atoms with Crippen LogP contribution in [0.1, 0.15) is 61.3 Å². The van der Waals surface area contributed by atoms with E-state index in [0.29, 0.717) is 6.04 Å². The Morgan fingerprint density at radius 1 is 1.29 bits per heavy atom. The molecule has 1 aliphatic rings. The molecule has 0 radical (unpaired) electrons. The number of carboxylic acid groups (broad SMARTS) is 1. The highest BCUT2D eigenvalue weighted by molar-refractivity contribution is 5.80. The van der Waals surface area contributed by atoms with Crippen molar-refractivity contribution in [1.82, 2.24) is 10.6 Å². The van der Waals surface area contributed by atoms with Gasteiger partial charge in [-0.15, -0.1) is 0 Å². The van der Waals surface area contributed by atoms with Crippen LogP contribution >= 0.6 is 0 Å². The van der Waals surface area contributed by atoms with Crippen molar-refractivity contribution in [1.29, 1.82) is 0 Å². The summed E-state index contributed by atoms with van der Waals surface area (Å²) in [7, 11) is 0. The summed E-state index contributed by atoms with van der Waals surface area (Å²) in [5.74, 6) is -0.871.